The second-order valence-corrected chi connectivity index (χ2v) is 7.85. The summed E-state index contributed by atoms with van der Waals surface area (Å²) in [5.74, 6) is -1.13. The molecule has 0 aliphatic heterocycles. The summed E-state index contributed by atoms with van der Waals surface area (Å²) in [6, 6.07) is 0. The van der Waals surface area contributed by atoms with E-state index in [4.69, 9.17) is 15.1 Å². The average molecular weight is 416 g/mol. The van der Waals surface area contributed by atoms with E-state index in [1.807, 2.05) is 6.92 Å². The van der Waals surface area contributed by atoms with Crippen LogP contribution in [0.1, 0.15) is 104 Å². The Bertz CT molecular complexity index is 401. The number of aliphatic hydroxyl groups excluding tert-OH is 2. The van der Waals surface area contributed by atoms with E-state index in [-0.39, 0.29) is 6.54 Å². The van der Waals surface area contributed by atoms with Crippen molar-refractivity contribution in [3.8, 4) is 0 Å². The van der Waals surface area contributed by atoms with Gasteiger partial charge in [0.15, 0.2) is 6.29 Å². The normalized spacial score (nSPS) is 13.9. The lowest BCUT2D eigenvalue weighted by molar-refractivity contribution is -0.164. The molecule has 0 spiro atoms. The van der Waals surface area contributed by atoms with Gasteiger partial charge in [-0.05, 0) is 38.5 Å². The fraction of sp³-hybridized carbons (Fsp3) is 0.870. The van der Waals surface area contributed by atoms with Gasteiger partial charge in [0.2, 0.25) is 0 Å². The number of hydrogen-bond donors (Lipinski definition) is 4. The van der Waals surface area contributed by atoms with Crippen molar-refractivity contribution < 1.29 is 25.0 Å². The first-order chi connectivity index (χ1) is 14.0. The lowest BCUT2D eigenvalue weighted by Gasteiger charge is -2.20. The number of hydroxylamine groups is 1. The molecule has 172 valence electrons. The van der Waals surface area contributed by atoms with Gasteiger partial charge in [0.1, 0.15) is 0 Å². The Balaban J connectivity index is 3.76. The molecular weight excluding hydrogens is 370 g/mol. The molecule has 0 bridgehead atoms. The number of nitrogens with one attached hydrogen (secondary N) is 1. The quantitative estimate of drug-likeness (QED) is 0.102. The summed E-state index contributed by atoms with van der Waals surface area (Å²) in [6.45, 7) is 3.81. The molecule has 0 aromatic carbocycles. The minimum absolute atomic E-state index is 0.257. The van der Waals surface area contributed by atoms with Crippen molar-refractivity contribution >= 4 is 5.97 Å². The van der Waals surface area contributed by atoms with E-state index in [0.717, 1.165) is 32.1 Å². The number of carbonyl (C=O) groups is 1. The maximum Gasteiger partial charge on any atom is 0.330 e. The molecule has 0 saturated heterocycles. The largest absolute Gasteiger partial charge is 0.392 e. The molecule has 4 N–H and O–H groups in total. The van der Waals surface area contributed by atoms with Crippen LogP contribution in [0.5, 0.6) is 0 Å². The molecule has 2 unspecified atom stereocenters. The topological polar surface area (TPSA) is 99.0 Å². The molecule has 6 nitrogen and oxygen atoms in total. The summed E-state index contributed by atoms with van der Waals surface area (Å²) in [4.78, 5) is 16.9. The highest BCUT2D eigenvalue weighted by Gasteiger charge is 2.27. The van der Waals surface area contributed by atoms with Crippen molar-refractivity contribution in [1.82, 2.24) is 5.48 Å². The monoisotopic (exact) mass is 415 g/mol. The standard InChI is InChI=1S/C23H45NO5/c1-3-5-6-7-8-9-10-11-12-13-14-15-16-17-18-20(21(25)4-2)23(28)29-24-19-22(26)27/h11-12,20-22,24-27H,3-10,13-19H2,1-2H3. The number of carbonyl (C=O) groups excluding carboxylic acids is 1. The first kappa shape index (κ1) is 28.1. The number of aliphatic hydroxyl groups is 3. The minimum Gasteiger partial charge on any atom is -0.392 e. The predicted octanol–water partition coefficient (Wildman–Crippen LogP) is 4.38. The van der Waals surface area contributed by atoms with Crippen LogP contribution in [-0.4, -0.2) is 40.2 Å². The van der Waals surface area contributed by atoms with E-state index in [9.17, 15) is 9.90 Å². The number of allylic oxidation sites excluding steroid dienone is 2. The van der Waals surface area contributed by atoms with Gasteiger partial charge in [-0.25, -0.2) is 4.79 Å². The third-order valence-corrected chi connectivity index (χ3v) is 5.15. The van der Waals surface area contributed by atoms with E-state index in [1.165, 1.54) is 44.9 Å². The lowest BCUT2D eigenvalue weighted by atomic mass is 9.93. The summed E-state index contributed by atoms with van der Waals surface area (Å²) in [7, 11) is 0. The maximum atomic E-state index is 12.1. The van der Waals surface area contributed by atoms with E-state index < -0.39 is 24.3 Å². The highest BCUT2D eigenvalue weighted by Crippen LogP contribution is 2.19. The molecule has 0 aliphatic carbocycles. The van der Waals surface area contributed by atoms with E-state index >= 15 is 0 Å². The van der Waals surface area contributed by atoms with Crippen LogP contribution in [-0.2, 0) is 9.63 Å². The van der Waals surface area contributed by atoms with Crippen molar-refractivity contribution in [3.63, 3.8) is 0 Å². The van der Waals surface area contributed by atoms with Gasteiger partial charge in [-0.3, -0.25) is 0 Å². The Kier molecular flexibility index (Phi) is 19.7. The molecule has 0 aromatic heterocycles. The Labute approximate surface area is 177 Å². The van der Waals surface area contributed by atoms with E-state index in [1.54, 1.807) is 0 Å². The molecule has 0 saturated carbocycles. The highest BCUT2D eigenvalue weighted by molar-refractivity contribution is 5.72. The molecule has 29 heavy (non-hydrogen) atoms. The van der Waals surface area contributed by atoms with Gasteiger partial charge in [0.25, 0.3) is 0 Å². The second kappa shape index (κ2) is 20.3. The zero-order chi connectivity index (χ0) is 21.7. The van der Waals surface area contributed by atoms with Crippen LogP contribution in [0.3, 0.4) is 0 Å². The molecular formula is C23H45NO5. The van der Waals surface area contributed by atoms with E-state index in [2.05, 4.69) is 24.6 Å². The first-order valence-electron chi connectivity index (χ1n) is 11.7. The summed E-state index contributed by atoms with van der Waals surface area (Å²) >= 11 is 0. The maximum absolute atomic E-state index is 12.1. The van der Waals surface area contributed by atoms with Gasteiger partial charge in [-0.2, -0.15) is 0 Å². The first-order valence-corrected chi connectivity index (χ1v) is 11.7. The second-order valence-electron chi connectivity index (χ2n) is 7.85. The molecule has 0 amide bonds. The van der Waals surface area contributed by atoms with Crippen LogP contribution in [0.15, 0.2) is 12.2 Å². The fourth-order valence-electron chi connectivity index (χ4n) is 3.27. The zero-order valence-electron chi connectivity index (χ0n) is 18.7. The van der Waals surface area contributed by atoms with Crippen LogP contribution in [0.25, 0.3) is 0 Å². The third kappa shape index (κ3) is 17.6. The summed E-state index contributed by atoms with van der Waals surface area (Å²) < 4.78 is 0. The molecule has 0 fully saturated rings. The van der Waals surface area contributed by atoms with Crippen LogP contribution in [0, 0.1) is 5.92 Å². The molecule has 0 aliphatic rings. The van der Waals surface area contributed by atoms with Crippen LogP contribution in [0.4, 0.5) is 0 Å². The predicted molar refractivity (Wildman–Crippen MR) is 117 cm³/mol. The average Bonchev–Trinajstić information content (AvgIpc) is 2.70. The van der Waals surface area contributed by atoms with E-state index in [0.29, 0.717) is 12.8 Å². The van der Waals surface area contributed by atoms with Gasteiger partial charge in [-0.15, -0.1) is 5.48 Å². The molecule has 0 rings (SSSR count). The Morgan fingerprint density at radius 3 is 1.97 bits per heavy atom. The molecule has 2 atom stereocenters. The van der Waals surface area contributed by atoms with Gasteiger partial charge in [0.05, 0.1) is 18.6 Å². The Morgan fingerprint density at radius 1 is 0.862 bits per heavy atom. The van der Waals surface area contributed by atoms with Crippen molar-refractivity contribution in [2.45, 2.75) is 116 Å². The molecule has 0 radical (unpaired) electrons. The molecule has 0 heterocycles. The summed E-state index contributed by atoms with van der Waals surface area (Å²) in [5, 5.41) is 27.6. The zero-order valence-corrected chi connectivity index (χ0v) is 18.7. The SMILES string of the molecule is CCCCCCCCC=CCCCCCCC(C(=O)ONCC(O)O)C(O)CC. The number of unbranched alkanes of at least 4 members (excludes halogenated alkanes) is 10. The minimum atomic E-state index is -1.59. The fourth-order valence-corrected chi connectivity index (χ4v) is 3.27. The number of rotatable bonds is 20. The molecule has 0 aromatic rings. The van der Waals surface area contributed by atoms with Gasteiger partial charge in [-0.1, -0.05) is 77.4 Å². The highest BCUT2D eigenvalue weighted by atomic mass is 16.7. The van der Waals surface area contributed by atoms with Gasteiger partial charge < -0.3 is 20.2 Å². The van der Waals surface area contributed by atoms with Crippen molar-refractivity contribution in [1.29, 1.82) is 0 Å². The van der Waals surface area contributed by atoms with Crippen LogP contribution < -0.4 is 5.48 Å². The molecule has 6 heteroatoms. The van der Waals surface area contributed by atoms with Gasteiger partial charge in [0, 0.05) is 0 Å². The number of hydrogen-bond acceptors (Lipinski definition) is 6. The van der Waals surface area contributed by atoms with Crippen molar-refractivity contribution in [2.24, 2.45) is 5.92 Å². The van der Waals surface area contributed by atoms with Crippen LogP contribution >= 0.6 is 0 Å². The summed E-state index contributed by atoms with van der Waals surface area (Å²) in [6.07, 6.45) is 17.8. The summed E-state index contributed by atoms with van der Waals surface area (Å²) in [5.41, 5.74) is 2.23. The third-order valence-electron chi connectivity index (χ3n) is 5.15. The van der Waals surface area contributed by atoms with Crippen molar-refractivity contribution in [2.75, 3.05) is 6.54 Å². The smallest absolute Gasteiger partial charge is 0.330 e. The Hall–Kier alpha value is -0.950. The van der Waals surface area contributed by atoms with Crippen molar-refractivity contribution in [3.05, 3.63) is 12.2 Å². The van der Waals surface area contributed by atoms with Crippen LogP contribution in [0.2, 0.25) is 0 Å². The Morgan fingerprint density at radius 2 is 1.41 bits per heavy atom. The van der Waals surface area contributed by atoms with Gasteiger partial charge >= 0.3 is 5.97 Å². The lowest BCUT2D eigenvalue weighted by Crippen LogP contribution is -2.35.